The molecule has 0 spiro atoms. The Kier molecular flexibility index (Phi) is 7.43. The maximum atomic E-state index is 6.48. The van der Waals surface area contributed by atoms with Crippen LogP contribution in [-0.2, 0) is 0 Å². The smallest absolute Gasteiger partial charge is 0.164 e. The Labute approximate surface area is 306 Å². The summed E-state index contributed by atoms with van der Waals surface area (Å²) in [6.07, 6.45) is 0. The van der Waals surface area contributed by atoms with Gasteiger partial charge in [0.05, 0.1) is 0 Å². The van der Waals surface area contributed by atoms with Crippen molar-refractivity contribution in [3.63, 3.8) is 0 Å². The average molecular weight is 678 g/mol. The summed E-state index contributed by atoms with van der Waals surface area (Å²) in [7, 11) is 0. The minimum Gasteiger partial charge on any atom is -0.455 e. The van der Waals surface area contributed by atoms with E-state index < -0.39 is 0 Å². The Morgan fingerprint density at radius 3 is 1.47 bits per heavy atom. The van der Waals surface area contributed by atoms with E-state index in [0.29, 0.717) is 17.5 Å². The lowest BCUT2D eigenvalue weighted by atomic mass is 9.95. The van der Waals surface area contributed by atoms with Gasteiger partial charge in [-0.3, -0.25) is 0 Å². The SMILES string of the molecule is c1ccc(-c2cccc(-c3nc(-c4ccc(-c5cccc6ccc7c8ccccc8oc7c56)cc4)nc(-c4cccc(-c5ccccc5)c4)n3)c2)cc1. The maximum Gasteiger partial charge on any atom is 0.164 e. The number of hydrogen-bond acceptors (Lipinski definition) is 4. The summed E-state index contributed by atoms with van der Waals surface area (Å²) in [6, 6.07) is 65.1. The second kappa shape index (κ2) is 12.9. The molecule has 0 amide bonds. The van der Waals surface area contributed by atoms with Gasteiger partial charge in [0.1, 0.15) is 11.2 Å². The molecule has 0 saturated heterocycles. The topological polar surface area (TPSA) is 51.8 Å². The number of fused-ring (bicyclic) bond motifs is 5. The molecule has 0 bridgehead atoms. The minimum atomic E-state index is 0.615. The van der Waals surface area contributed by atoms with Crippen molar-refractivity contribution in [1.29, 1.82) is 0 Å². The van der Waals surface area contributed by atoms with Gasteiger partial charge in [-0.05, 0) is 63.0 Å². The number of furan rings is 1. The number of rotatable bonds is 6. The lowest BCUT2D eigenvalue weighted by Gasteiger charge is -2.11. The molecule has 0 radical (unpaired) electrons. The molecule has 4 heteroatoms. The van der Waals surface area contributed by atoms with E-state index in [2.05, 4.69) is 164 Å². The second-order valence-corrected chi connectivity index (χ2v) is 13.2. The van der Waals surface area contributed by atoms with Crippen LogP contribution < -0.4 is 0 Å². The van der Waals surface area contributed by atoms with Crippen LogP contribution in [0.3, 0.4) is 0 Å². The first-order valence-electron chi connectivity index (χ1n) is 17.8. The van der Waals surface area contributed by atoms with Crippen molar-refractivity contribution in [1.82, 2.24) is 15.0 Å². The Balaban J connectivity index is 1.10. The van der Waals surface area contributed by atoms with E-state index in [1.807, 2.05) is 24.3 Å². The van der Waals surface area contributed by atoms with E-state index in [-0.39, 0.29) is 0 Å². The van der Waals surface area contributed by atoms with Crippen LogP contribution in [-0.4, -0.2) is 15.0 Å². The van der Waals surface area contributed by atoms with Crippen molar-refractivity contribution in [2.45, 2.75) is 0 Å². The molecule has 4 nitrogen and oxygen atoms in total. The van der Waals surface area contributed by atoms with Crippen molar-refractivity contribution in [2.75, 3.05) is 0 Å². The van der Waals surface area contributed by atoms with E-state index in [1.54, 1.807) is 0 Å². The zero-order valence-corrected chi connectivity index (χ0v) is 28.6. The van der Waals surface area contributed by atoms with E-state index in [0.717, 1.165) is 82.8 Å². The van der Waals surface area contributed by atoms with Gasteiger partial charge in [0.15, 0.2) is 17.5 Å². The third kappa shape index (κ3) is 5.63. The third-order valence-corrected chi connectivity index (χ3v) is 9.93. The Morgan fingerprint density at radius 2 is 0.830 bits per heavy atom. The largest absolute Gasteiger partial charge is 0.455 e. The first-order valence-corrected chi connectivity index (χ1v) is 17.8. The van der Waals surface area contributed by atoms with Gasteiger partial charge in [0, 0.05) is 32.8 Å². The molecule has 0 aliphatic heterocycles. The molecular weight excluding hydrogens is 647 g/mol. The summed E-state index contributed by atoms with van der Waals surface area (Å²) < 4.78 is 6.48. The van der Waals surface area contributed by atoms with Gasteiger partial charge >= 0.3 is 0 Å². The fourth-order valence-corrected chi connectivity index (χ4v) is 7.29. The van der Waals surface area contributed by atoms with E-state index in [4.69, 9.17) is 19.4 Å². The molecule has 2 aromatic heterocycles. The van der Waals surface area contributed by atoms with Gasteiger partial charge in [0.25, 0.3) is 0 Å². The first-order chi connectivity index (χ1) is 26.2. The molecule has 0 atom stereocenters. The van der Waals surface area contributed by atoms with Crippen LogP contribution in [0, 0.1) is 0 Å². The number of hydrogen-bond donors (Lipinski definition) is 0. The summed E-state index contributed by atoms with van der Waals surface area (Å²) in [6.45, 7) is 0. The number of nitrogens with zero attached hydrogens (tertiary/aromatic N) is 3. The monoisotopic (exact) mass is 677 g/mol. The van der Waals surface area contributed by atoms with Crippen LogP contribution in [0.2, 0.25) is 0 Å². The molecular formula is C49H31N3O. The van der Waals surface area contributed by atoms with Gasteiger partial charge in [-0.1, -0.05) is 164 Å². The van der Waals surface area contributed by atoms with E-state index in [1.165, 1.54) is 0 Å². The zero-order valence-electron chi connectivity index (χ0n) is 28.6. The molecule has 0 N–H and O–H groups in total. The Morgan fingerprint density at radius 1 is 0.321 bits per heavy atom. The molecule has 10 aromatic rings. The van der Waals surface area contributed by atoms with Crippen molar-refractivity contribution in [3.8, 4) is 67.5 Å². The third-order valence-electron chi connectivity index (χ3n) is 9.93. The van der Waals surface area contributed by atoms with Crippen LogP contribution in [0.5, 0.6) is 0 Å². The predicted molar refractivity (Wildman–Crippen MR) is 217 cm³/mol. The highest BCUT2D eigenvalue weighted by atomic mass is 16.3. The summed E-state index contributed by atoms with van der Waals surface area (Å²) in [5.41, 5.74) is 11.3. The molecule has 8 aromatic carbocycles. The summed E-state index contributed by atoms with van der Waals surface area (Å²) in [5.74, 6) is 1.86. The van der Waals surface area contributed by atoms with Crippen molar-refractivity contribution < 1.29 is 4.42 Å². The van der Waals surface area contributed by atoms with Gasteiger partial charge in [-0.15, -0.1) is 0 Å². The molecule has 0 aliphatic rings. The lowest BCUT2D eigenvalue weighted by Crippen LogP contribution is -2.00. The summed E-state index contributed by atoms with van der Waals surface area (Å²) in [5, 5.41) is 4.49. The molecule has 248 valence electrons. The van der Waals surface area contributed by atoms with Crippen LogP contribution in [0.15, 0.2) is 192 Å². The normalized spacial score (nSPS) is 11.4. The Hall–Kier alpha value is -7.17. The number of aromatic nitrogens is 3. The van der Waals surface area contributed by atoms with Gasteiger partial charge in [-0.25, -0.2) is 15.0 Å². The Bertz CT molecular complexity index is 2830. The summed E-state index contributed by atoms with van der Waals surface area (Å²) in [4.78, 5) is 15.3. The quantitative estimate of drug-likeness (QED) is 0.176. The van der Waals surface area contributed by atoms with Crippen LogP contribution in [0.4, 0.5) is 0 Å². The predicted octanol–water partition coefficient (Wildman–Crippen LogP) is 12.9. The number of para-hydroxylation sites is 1. The zero-order chi connectivity index (χ0) is 35.1. The minimum absolute atomic E-state index is 0.615. The maximum absolute atomic E-state index is 6.48. The first kappa shape index (κ1) is 30.6. The molecule has 0 fully saturated rings. The highest BCUT2D eigenvalue weighted by Gasteiger charge is 2.16. The van der Waals surface area contributed by atoms with Crippen molar-refractivity contribution in [2.24, 2.45) is 0 Å². The molecule has 0 saturated carbocycles. The fraction of sp³-hybridized carbons (Fsp3) is 0. The molecule has 0 unspecified atom stereocenters. The average Bonchev–Trinajstić information content (AvgIpc) is 3.63. The van der Waals surface area contributed by atoms with Gasteiger partial charge in [0.2, 0.25) is 0 Å². The van der Waals surface area contributed by atoms with Crippen LogP contribution >= 0.6 is 0 Å². The van der Waals surface area contributed by atoms with Gasteiger partial charge in [-0.2, -0.15) is 0 Å². The molecule has 10 rings (SSSR count). The highest BCUT2D eigenvalue weighted by molar-refractivity contribution is 6.18. The standard InChI is InChI=1S/C49H31N3O/c1-3-12-32(13-4-1)37-17-9-19-39(30-37)48-50-47(51-49(52-48)40-20-10-18-38(31-40)33-14-5-2-6-15-33)36-26-24-34(25-27-36)41-22-11-16-35-28-29-43-42-21-7-8-23-44(42)53-46(43)45(35)41/h1-31H. The fourth-order valence-electron chi connectivity index (χ4n) is 7.29. The van der Waals surface area contributed by atoms with Crippen molar-refractivity contribution in [3.05, 3.63) is 188 Å². The second-order valence-electron chi connectivity index (χ2n) is 13.2. The van der Waals surface area contributed by atoms with Crippen molar-refractivity contribution >= 4 is 32.7 Å². The number of benzene rings is 8. The molecule has 2 heterocycles. The van der Waals surface area contributed by atoms with Crippen LogP contribution in [0.1, 0.15) is 0 Å². The molecule has 53 heavy (non-hydrogen) atoms. The highest BCUT2D eigenvalue weighted by Crippen LogP contribution is 2.39. The molecule has 0 aliphatic carbocycles. The van der Waals surface area contributed by atoms with E-state index >= 15 is 0 Å². The summed E-state index contributed by atoms with van der Waals surface area (Å²) >= 11 is 0. The van der Waals surface area contributed by atoms with E-state index in [9.17, 15) is 0 Å². The van der Waals surface area contributed by atoms with Crippen LogP contribution in [0.25, 0.3) is 100 Å². The lowest BCUT2D eigenvalue weighted by molar-refractivity contribution is 0.673. The van der Waals surface area contributed by atoms with Gasteiger partial charge < -0.3 is 4.42 Å².